The minimum absolute atomic E-state index is 0.369. The summed E-state index contributed by atoms with van der Waals surface area (Å²) in [5.41, 5.74) is 1.62. The molecule has 0 aliphatic heterocycles. The van der Waals surface area contributed by atoms with E-state index in [0.717, 1.165) is 30.0 Å². The molecule has 1 aromatic carbocycles. The van der Waals surface area contributed by atoms with Gasteiger partial charge in [-0.05, 0) is 25.6 Å². The smallest absolute Gasteiger partial charge is 0.197 e. The number of benzene rings is 1. The Morgan fingerprint density at radius 2 is 2.31 bits per heavy atom. The van der Waals surface area contributed by atoms with E-state index in [-0.39, 0.29) is 0 Å². The van der Waals surface area contributed by atoms with Gasteiger partial charge in [-0.3, -0.25) is 0 Å². The van der Waals surface area contributed by atoms with Gasteiger partial charge in [0.05, 0.1) is 0 Å². The summed E-state index contributed by atoms with van der Waals surface area (Å²) in [5, 5.41) is 4.00. The van der Waals surface area contributed by atoms with Gasteiger partial charge in [0, 0.05) is 23.6 Å². The van der Waals surface area contributed by atoms with Crippen molar-refractivity contribution in [1.82, 2.24) is 10.3 Å². The average Bonchev–Trinajstić information content (AvgIpc) is 2.59. The number of aromatic nitrogens is 1. The van der Waals surface area contributed by atoms with Crippen molar-refractivity contribution in [2.45, 2.75) is 26.3 Å². The molecule has 2 rings (SSSR count). The second kappa shape index (κ2) is 4.85. The Morgan fingerprint density at radius 1 is 1.50 bits per heavy atom. The highest BCUT2D eigenvalue weighted by Crippen LogP contribution is 2.20. The van der Waals surface area contributed by atoms with Gasteiger partial charge in [0.15, 0.2) is 11.5 Å². The number of likely N-dealkylation sites (N-methyl/N-ethyl adjacent to an activating group) is 1. The Morgan fingerprint density at radius 3 is 3.06 bits per heavy atom. The number of halogens is 1. The molecule has 0 aliphatic carbocycles. The zero-order chi connectivity index (χ0) is 11.5. The molecule has 16 heavy (non-hydrogen) atoms. The summed E-state index contributed by atoms with van der Waals surface area (Å²) in [6, 6.07) is 5.87. The molecule has 0 amide bonds. The lowest BCUT2D eigenvalue weighted by molar-refractivity contribution is 0.469. The number of nitrogens with zero attached hydrogens (tertiary/aromatic N) is 1. The molecule has 1 aromatic heterocycles. The van der Waals surface area contributed by atoms with Gasteiger partial charge < -0.3 is 9.73 Å². The third kappa shape index (κ3) is 2.54. The fraction of sp³-hybridized carbons (Fsp3) is 0.417. The van der Waals surface area contributed by atoms with E-state index in [4.69, 9.17) is 16.0 Å². The zero-order valence-corrected chi connectivity index (χ0v) is 10.2. The Labute approximate surface area is 99.8 Å². The summed E-state index contributed by atoms with van der Waals surface area (Å²) < 4.78 is 5.63. The predicted molar refractivity (Wildman–Crippen MR) is 65.9 cm³/mol. The Kier molecular flexibility index (Phi) is 3.46. The van der Waals surface area contributed by atoms with Crippen LogP contribution in [-0.2, 0) is 6.42 Å². The SMILES string of the molecule is CCNC(C)Cc1nc2ccc(Cl)cc2o1. The number of hydrogen-bond donors (Lipinski definition) is 1. The van der Waals surface area contributed by atoms with E-state index in [1.165, 1.54) is 0 Å². The molecule has 1 atom stereocenters. The predicted octanol–water partition coefficient (Wildman–Crippen LogP) is 3.02. The van der Waals surface area contributed by atoms with Crippen LogP contribution in [-0.4, -0.2) is 17.6 Å². The molecule has 0 fully saturated rings. The number of nitrogens with one attached hydrogen (secondary N) is 1. The van der Waals surface area contributed by atoms with E-state index < -0.39 is 0 Å². The first kappa shape index (κ1) is 11.4. The zero-order valence-electron chi connectivity index (χ0n) is 9.46. The first-order chi connectivity index (χ1) is 7.69. The highest BCUT2D eigenvalue weighted by molar-refractivity contribution is 6.31. The van der Waals surface area contributed by atoms with Crippen molar-refractivity contribution in [2.75, 3.05) is 6.54 Å². The molecular weight excluding hydrogens is 224 g/mol. The highest BCUT2D eigenvalue weighted by atomic mass is 35.5. The maximum atomic E-state index is 5.88. The molecule has 0 radical (unpaired) electrons. The number of hydrogen-bond acceptors (Lipinski definition) is 3. The van der Waals surface area contributed by atoms with Crippen LogP contribution in [0.3, 0.4) is 0 Å². The van der Waals surface area contributed by atoms with E-state index in [1.807, 2.05) is 12.1 Å². The van der Waals surface area contributed by atoms with Crippen LogP contribution in [0.1, 0.15) is 19.7 Å². The molecule has 1 N–H and O–H groups in total. The summed E-state index contributed by atoms with van der Waals surface area (Å²) in [6.07, 6.45) is 0.792. The van der Waals surface area contributed by atoms with Crippen molar-refractivity contribution < 1.29 is 4.42 Å². The summed E-state index contributed by atoms with van der Waals surface area (Å²) in [7, 11) is 0. The number of rotatable bonds is 4. The quantitative estimate of drug-likeness (QED) is 0.890. The molecule has 0 bridgehead atoms. The summed E-state index contributed by atoms with van der Waals surface area (Å²) in [6.45, 7) is 5.15. The van der Waals surface area contributed by atoms with Crippen LogP contribution in [0.5, 0.6) is 0 Å². The highest BCUT2D eigenvalue weighted by Gasteiger charge is 2.09. The first-order valence-corrected chi connectivity index (χ1v) is 5.85. The molecule has 2 aromatic rings. The Hall–Kier alpha value is -1.06. The Bertz CT molecular complexity index is 481. The maximum absolute atomic E-state index is 5.88. The lowest BCUT2D eigenvalue weighted by Crippen LogP contribution is -2.27. The molecule has 4 heteroatoms. The number of fused-ring (bicyclic) bond motifs is 1. The maximum Gasteiger partial charge on any atom is 0.197 e. The number of oxazole rings is 1. The van der Waals surface area contributed by atoms with Gasteiger partial charge in [-0.1, -0.05) is 18.5 Å². The van der Waals surface area contributed by atoms with Crippen molar-refractivity contribution >= 4 is 22.7 Å². The largest absolute Gasteiger partial charge is 0.441 e. The lowest BCUT2D eigenvalue weighted by atomic mass is 10.2. The van der Waals surface area contributed by atoms with Gasteiger partial charge in [0.2, 0.25) is 0 Å². The van der Waals surface area contributed by atoms with Crippen molar-refractivity contribution in [2.24, 2.45) is 0 Å². The fourth-order valence-electron chi connectivity index (χ4n) is 1.72. The van der Waals surface area contributed by atoms with Crippen molar-refractivity contribution in [1.29, 1.82) is 0 Å². The molecule has 3 nitrogen and oxygen atoms in total. The van der Waals surface area contributed by atoms with Crippen LogP contribution in [0.2, 0.25) is 5.02 Å². The topological polar surface area (TPSA) is 38.1 Å². The van der Waals surface area contributed by atoms with Crippen LogP contribution >= 0.6 is 11.6 Å². The van der Waals surface area contributed by atoms with Crippen LogP contribution in [0.15, 0.2) is 22.6 Å². The second-order valence-electron chi connectivity index (χ2n) is 3.88. The standard InChI is InChI=1S/C12H15ClN2O/c1-3-14-8(2)6-12-15-10-5-4-9(13)7-11(10)16-12/h4-5,7-8,14H,3,6H2,1-2H3. The summed E-state index contributed by atoms with van der Waals surface area (Å²) in [4.78, 5) is 4.41. The normalized spacial score (nSPS) is 13.2. The van der Waals surface area contributed by atoms with Gasteiger partial charge in [0.25, 0.3) is 0 Å². The molecule has 1 unspecified atom stereocenters. The van der Waals surface area contributed by atoms with E-state index in [2.05, 4.69) is 24.1 Å². The van der Waals surface area contributed by atoms with E-state index in [9.17, 15) is 0 Å². The summed E-state index contributed by atoms with van der Waals surface area (Å²) >= 11 is 5.88. The molecule has 86 valence electrons. The van der Waals surface area contributed by atoms with Crippen molar-refractivity contribution in [3.8, 4) is 0 Å². The van der Waals surface area contributed by atoms with Gasteiger partial charge in [-0.25, -0.2) is 4.98 Å². The van der Waals surface area contributed by atoms with Gasteiger partial charge in [-0.15, -0.1) is 0 Å². The molecule has 0 saturated carbocycles. The molecule has 1 heterocycles. The van der Waals surface area contributed by atoms with Crippen LogP contribution < -0.4 is 5.32 Å². The van der Waals surface area contributed by atoms with E-state index >= 15 is 0 Å². The average molecular weight is 239 g/mol. The van der Waals surface area contributed by atoms with Crippen LogP contribution in [0.4, 0.5) is 0 Å². The Balaban J connectivity index is 2.19. The second-order valence-corrected chi connectivity index (χ2v) is 4.32. The van der Waals surface area contributed by atoms with Gasteiger partial charge in [0.1, 0.15) is 5.52 Å². The molecule has 0 spiro atoms. The fourth-order valence-corrected chi connectivity index (χ4v) is 1.88. The van der Waals surface area contributed by atoms with Crippen LogP contribution in [0, 0.1) is 0 Å². The molecule has 0 saturated heterocycles. The van der Waals surface area contributed by atoms with Crippen molar-refractivity contribution in [3.63, 3.8) is 0 Å². The monoisotopic (exact) mass is 238 g/mol. The molecular formula is C12H15ClN2O. The molecule has 0 aliphatic rings. The first-order valence-electron chi connectivity index (χ1n) is 5.47. The van der Waals surface area contributed by atoms with Crippen molar-refractivity contribution in [3.05, 3.63) is 29.1 Å². The van der Waals surface area contributed by atoms with E-state index in [1.54, 1.807) is 6.07 Å². The van der Waals surface area contributed by atoms with Gasteiger partial charge in [-0.2, -0.15) is 0 Å². The third-order valence-electron chi connectivity index (χ3n) is 2.43. The lowest BCUT2D eigenvalue weighted by Gasteiger charge is -2.08. The minimum atomic E-state index is 0.369. The van der Waals surface area contributed by atoms with Gasteiger partial charge >= 0.3 is 0 Å². The van der Waals surface area contributed by atoms with Crippen LogP contribution in [0.25, 0.3) is 11.1 Å². The van der Waals surface area contributed by atoms with E-state index in [0.29, 0.717) is 11.1 Å². The third-order valence-corrected chi connectivity index (χ3v) is 2.66. The summed E-state index contributed by atoms with van der Waals surface area (Å²) in [5.74, 6) is 0.755. The minimum Gasteiger partial charge on any atom is -0.441 e.